The fourth-order valence-electron chi connectivity index (χ4n) is 3.63. The highest BCUT2D eigenvalue weighted by Gasteiger charge is 2.21. The first-order valence-electron chi connectivity index (χ1n) is 11.7. The van der Waals surface area contributed by atoms with Gasteiger partial charge in [-0.15, -0.1) is 0 Å². The molecule has 0 radical (unpaired) electrons. The van der Waals surface area contributed by atoms with Crippen LogP contribution in [0.3, 0.4) is 0 Å². The van der Waals surface area contributed by atoms with Gasteiger partial charge in [-0.1, -0.05) is 11.6 Å². The fraction of sp³-hybridized carbons (Fsp3) is 0.333. The lowest BCUT2D eigenvalue weighted by molar-refractivity contribution is -0.0814. The molecule has 0 aliphatic carbocycles. The Morgan fingerprint density at radius 2 is 2.03 bits per heavy atom. The van der Waals surface area contributed by atoms with Gasteiger partial charge in [-0.2, -0.15) is 5.10 Å². The van der Waals surface area contributed by atoms with Crippen LogP contribution < -0.4 is 20.5 Å². The van der Waals surface area contributed by atoms with Crippen LogP contribution in [-0.4, -0.2) is 66.7 Å². The van der Waals surface area contributed by atoms with E-state index in [1.807, 2.05) is 6.92 Å². The van der Waals surface area contributed by atoms with Crippen molar-refractivity contribution >= 4 is 23.1 Å². The summed E-state index contributed by atoms with van der Waals surface area (Å²) in [5.74, 6) is 1.86. The largest absolute Gasteiger partial charge is 0.474 e. The van der Waals surface area contributed by atoms with E-state index in [9.17, 15) is 0 Å². The number of rotatable bonds is 10. The van der Waals surface area contributed by atoms with Crippen LogP contribution >= 0.6 is 11.6 Å². The molecule has 1 fully saturated rings. The summed E-state index contributed by atoms with van der Waals surface area (Å²) < 4.78 is 18.7. The minimum Gasteiger partial charge on any atom is -0.474 e. The van der Waals surface area contributed by atoms with Gasteiger partial charge in [-0.25, -0.2) is 29.6 Å². The molecule has 0 spiro atoms. The zero-order valence-corrected chi connectivity index (χ0v) is 21.1. The maximum Gasteiger partial charge on any atom is 0.232 e. The highest BCUT2D eigenvalue weighted by molar-refractivity contribution is 6.29. The first kappa shape index (κ1) is 24.7. The molecule has 0 bridgehead atoms. The molecule has 0 aromatic carbocycles. The molecule has 0 saturated carbocycles. The topological polar surface area (TPSA) is 148 Å². The predicted molar refractivity (Wildman–Crippen MR) is 137 cm³/mol. The number of hydrogen-bond acceptors (Lipinski definition) is 11. The summed E-state index contributed by atoms with van der Waals surface area (Å²) in [6.07, 6.45) is 8.75. The van der Waals surface area contributed by atoms with Crippen molar-refractivity contribution in [1.29, 1.82) is 0 Å². The molecule has 4 aromatic rings. The third-order valence-corrected chi connectivity index (χ3v) is 5.86. The van der Waals surface area contributed by atoms with Gasteiger partial charge in [0.25, 0.3) is 0 Å². The molecule has 13 heteroatoms. The number of anilines is 2. The fourth-order valence-corrected chi connectivity index (χ4v) is 3.79. The summed E-state index contributed by atoms with van der Waals surface area (Å²) in [5, 5.41) is 8.08. The highest BCUT2D eigenvalue weighted by Crippen LogP contribution is 2.30. The van der Waals surface area contributed by atoms with Crippen LogP contribution in [0.15, 0.2) is 43.1 Å². The molecule has 1 aliphatic heterocycles. The number of nitrogens with one attached hydrogen (secondary N) is 1. The van der Waals surface area contributed by atoms with E-state index in [1.165, 1.54) is 0 Å². The predicted octanol–water partition coefficient (Wildman–Crippen LogP) is 3.01. The molecule has 1 aliphatic rings. The molecule has 1 saturated heterocycles. The molecule has 1 atom stereocenters. The van der Waals surface area contributed by atoms with Crippen molar-refractivity contribution in [2.75, 3.05) is 30.8 Å². The number of halogens is 1. The van der Waals surface area contributed by atoms with Crippen LogP contribution in [0.25, 0.3) is 22.6 Å². The van der Waals surface area contributed by atoms with Gasteiger partial charge in [0.2, 0.25) is 11.8 Å². The van der Waals surface area contributed by atoms with Crippen LogP contribution in [0.4, 0.5) is 11.5 Å². The monoisotopic (exact) mass is 523 g/mol. The van der Waals surface area contributed by atoms with Gasteiger partial charge in [-0.3, -0.25) is 0 Å². The number of aromatic nitrogens is 7. The SMILES string of the molecule is C[C@@H](CCNc1cc(Cl)ncc1-c1cnc(OC2COC2)cn1)Oc1c(-c2nccc(N)n2)cnn1C. The normalized spacial score (nSPS) is 14.1. The van der Waals surface area contributed by atoms with Crippen LogP contribution in [0.1, 0.15) is 13.3 Å². The second-order valence-corrected chi connectivity index (χ2v) is 8.89. The van der Waals surface area contributed by atoms with E-state index in [1.54, 1.807) is 54.8 Å². The number of pyridine rings is 1. The van der Waals surface area contributed by atoms with Crippen LogP contribution in [0.2, 0.25) is 5.15 Å². The lowest BCUT2D eigenvalue weighted by atomic mass is 10.1. The molecule has 0 unspecified atom stereocenters. The Labute approximate surface area is 218 Å². The number of aryl methyl sites for hydroxylation is 1. The van der Waals surface area contributed by atoms with E-state index in [-0.39, 0.29) is 12.2 Å². The van der Waals surface area contributed by atoms with Crippen LogP contribution in [0, 0.1) is 0 Å². The molecule has 37 heavy (non-hydrogen) atoms. The number of nitrogen functional groups attached to an aromatic ring is 1. The minimum atomic E-state index is -0.143. The molecule has 192 valence electrons. The molecule has 12 nitrogen and oxygen atoms in total. The van der Waals surface area contributed by atoms with Crippen molar-refractivity contribution in [3.05, 3.63) is 48.3 Å². The number of nitrogens with two attached hydrogens (primary N) is 1. The van der Waals surface area contributed by atoms with Gasteiger partial charge in [0.1, 0.15) is 22.6 Å². The van der Waals surface area contributed by atoms with E-state index < -0.39 is 0 Å². The maximum atomic E-state index is 6.20. The smallest absolute Gasteiger partial charge is 0.232 e. The molecular formula is C24H26ClN9O3. The Bertz CT molecular complexity index is 1360. The summed E-state index contributed by atoms with van der Waals surface area (Å²) in [4.78, 5) is 21.6. The van der Waals surface area contributed by atoms with Crippen molar-refractivity contribution in [1.82, 2.24) is 34.7 Å². The van der Waals surface area contributed by atoms with Gasteiger partial charge in [-0.05, 0) is 19.1 Å². The van der Waals surface area contributed by atoms with Gasteiger partial charge < -0.3 is 25.3 Å². The van der Waals surface area contributed by atoms with E-state index in [0.717, 1.165) is 11.3 Å². The van der Waals surface area contributed by atoms with Crippen molar-refractivity contribution in [3.8, 4) is 34.4 Å². The molecule has 4 aromatic heterocycles. The van der Waals surface area contributed by atoms with Crippen molar-refractivity contribution in [3.63, 3.8) is 0 Å². The van der Waals surface area contributed by atoms with Crippen molar-refractivity contribution < 1.29 is 14.2 Å². The number of hydrogen-bond donors (Lipinski definition) is 2. The average Bonchev–Trinajstić information content (AvgIpc) is 3.22. The lowest BCUT2D eigenvalue weighted by Crippen LogP contribution is -2.38. The maximum absolute atomic E-state index is 6.20. The van der Waals surface area contributed by atoms with Gasteiger partial charge in [0.15, 0.2) is 5.82 Å². The first-order chi connectivity index (χ1) is 18.0. The summed E-state index contributed by atoms with van der Waals surface area (Å²) in [5.41, 5.74) is 8.70. The Hall–Kier alpha value is -4.03. The summed E-state index contributed by atoms with van der Waals surface area (Å²) in [6.45, 7) is 3.72. The standard InChI is InChI=1S/C24H26ClN9O3/c1-14(36-24-17(9-32-34(24)2)23-28-6-4-21(26)33-23)3-5-27-18-7-20(25)30-8-16(18)19-10-31-22(11-29-19)37-15-12-35-13-15/h4,6-11,14-15H,3,5,12-13H2,1-2H3,(H,27,30)(H2,26,28,33)/t14-/m0/s1. The van der Waals surface area contributed by atoms with Crippen molar-refractivity contribution in [2.45, 2.75) is 25.6 Å². The number of nitrogens with zero attached hydrogens (tertiary/aromatic N) is 7. The van der Waals surface area contributed by atoms with Crippen LogP contribution in [-0.2, 0) is 11.8 Å². The van der Waals surface area contributed by atoms with E-state index in [2.05, 4.69) is 35.3 Å². The van der Waals surface area contributed by atoms with Gasteiger partial charge in [0, 0.05) is 43.7 Å². The van der Waals surface area contributed by atoms with Gasteiger partial charge in [0.05, 0.1) is 43.6 Å². The third-order valence-electron chi connectivity index (χ3n) is 5.65. The second kappa shape index (κ2) is 10.9. The van der Waals surface area contributed by atoms with E-state index in [4.69, 9.17) is 31.5 Å². The van der Waals surface area contributed by atoms with E-state index >= 15 is 0 Å². The number of ether oxygens (including phenoxy) is 3. The van der Waals surface area contributed by atoms with Crippen LogP contribution in [0.5, 0.6) is 11.8 Å². The summed E-state index contributed by atoms with van der Waals surface area (Å²) in [6, 6.07) is 3.39. The zero-order chi connectivity index (χ0) is 25.8. The Morgan fingerprint density at radius 3 is 2.76 bits per heavy atom. The minimum absolute atomic E-state index is 0.0274. The second-order valence-electron chi connectivity index (χ2n) is 8.51. The third kappa shape index (κ3) is 5.87. The average molecular weight is 524 g/mol. The van der Waals surface area contributed by atoms with Gasteiger partial charge >= 0.3 is 0 Å². The first-order valence-corrected chi connectivity index (χ1v) is 12.1. The highest BCUT2D eigenvalue weighted by atomic mass is 35.5. The Kier molecular flexibility index (Phi) is 7.28. The molecule has 0 amide bonds. The Balaban J connectivity index is 1.23. The summed E-state index contributed by atoms with van der Waals surface area (Å²) in [7, 11) is 1.80. The molecule has 5 rings (SSSR count). The lowest BCUT2D eigenvalue weighted by Gasteiger charge is -2.25. The molecular weight excluding hydrogens is 498 g/mol. The van der Waals surface area contributed by atoms with Crippen molar-refractivity contribution in [2.24, 2.45) is 7.05 Å². The zero-order valence-electron chi connectivity index (χ0n) is 20.3. The van der Waals surface area contributed by atoms with E-state index in [0.29, 0.717) is 66.0 Å². The summed E-state index contributed by atoms with van der Waals surface area (Å²) >= 11 is 6.18. The molecule has 5 heterocycles. The Morgan fingerprint density at radius 1 is 1.16 bits per heavy atom. The quantitative estimate of drug-likeness (QED) is 0.295. The molecule has 3 N–H and O–H groups in total.